The summed E-state index contributed by atoms with van der Waals surface area (Å²) >= 11 is 0. The fraction of sp³-hybridized carbons (Fsp3) is 0.625. The van der Waals surface area contributed by atoms with E-state index in [-0.39, 0.29) is 24.7 Å². The minimum Gasteiger partial charge on any atom is -0.490 e. The van der Waals surface area contributed by atoms with Crippen LogP contribution in [0, 0.1) is 4.91 Å². The van der Waals surface area contributed by atoms with Gasteiger partial charge < -0.3 is 38.6 Å². The monoisotopic (exact) mass is 585 g/mol. The molecule has 0 bridgehead atoms. The van der Waals surface area contributed by atoms with Crippen molar-refractivity contribution in [1.82, 2.24) is 5.32 Å². The van der Waals surface area contributed by atoms with Crippen molar-refractivity contribution < 1.29 is 28.4 Å². The largest absolute Gasteiger partial charge is 0.490 e. The lowest BCUT2D eigenvalue weighted by molar-refractivity contribution is -0.0672. The standard InChI is InChI=1S/C32H47N3O7/c1-32(2,34-36)23-42-30-20-33-19-29(31(30)26-9-6-24(7-10-26)21-39-17-16-38-4)41-22-25-8-11-28-27(18-25)35(13-15-40-28)12-5-14-37-3/h6-11,18,29-31,33H,5,12-17,19-23H2,1-4H3/t29-,30+,31+/m0/s1. The maximum atomic E-state index is 11.3. The minimum atomic E-state index is -0.803. The Balaban J connectivity index is 1.48. The van der Waals surface area contributed by atoms with Gasteiger partial charge in [-0.1, -0.05) is 35.5 Å². The maximum Gasteiger partial charge on any atom is 0.142 e. The normalized spacial score (nSPS) is 20.7. The molecule has 2 aliphatic rings. The lowest BCUT2D eigenvalue weighted by Crippen LogP contribution is -2.51. The summed E-state index contributed by atoms with van der Waals surface area (Å²) in [6.07, 6.45) is 0.647. The van der Waals surface area contributed by atoms with Gasteiger partial charge in [-0.15, -0.1) is 0 Å². The van der Waals surface area contributed by atoms with Gasteiger partial charge in [-0.2, -0.15) is 4.91 Å². The van der Waals surface area contributed by atoms with Gasteiger partial charge in [-0.3, -0.25) is 0 Å². The van der Waals surface area contributed by atoms with Gasteiger partial charge in [0.25, 0.3) is 0 Å². The van der Waals surface area contributed by atoms with E-state index in [2.05, 4.69) is 51.8 Å². The van der Waals surface area contributed by atoms with Crippen molar-refractivity contribution in [3.63, 3.8) is 0 Å². The average Bonchev–Trinajstić information content (AvgIpc) is 3.01. The summed E-state index contributed by atoms with van der Waals surface area (Å²) in [5.41, 5.74) is 3.61. The summed E-state index contributed by atoms with van der Waals surface area (Å²) in [5.74, 6) is 0.884. The molecule has 4 rings (SSSR count). The van der Waals surface area contributed by atoms with Crippen molar-refractivity contribution in [1.29, 1.82) is 0 Å². The molecule has 0 amide bonds. The molecule has 0 saturated carbocycles. The number of fused-ring (bicyclic) bond motifs is 1. The lowest BCUT2D eigenvalue weighted by atomic mass is 9.84. The number of anilines is 1. The Morgan fingerprint density at radius 2 is 1.69 bits per heavy atom. The fourth-order valence-electron chi connectivity index (χ4n) is 5.36. The molecule has 3 atom stereocenters. The summed E-state index contributed by atoms with van der Waals surface area (Å²) < 4.78 is 34.9. The van der Waals surface area contributed by atoms with E-state index in [1.165, 1.54) is 0 Å². The van der Waals surface area contributed by atoms with E-state index >= 15 is 0 Å². The van der Waals surface area contributed by atoms with Crippen LogP contribution in [0.4, 0.5) is 5.69 Å². The minimum absolute atomic E-state index is 0.0244. The molecule has 2 aromatic carbocycles. The summed E-state index contributed by atoms with van der Waals surface area (Å²) in [6.45, 7) is 10.5. The van der Waals surface area contributed by atoms with Crippen molar-refractivity contribution in [2.24, 2.45) is 5.18 Å². The topological polar surface area (TPSA) is 100 Å². The molecule has 1 fully saturated rings. The van der Waals surface area contributed by atoms with E-state index in [4.69, 9.17) is 28.4 Å². The Bertz CT molecular complexity index is 1100. The summed E-state index contributed by atoms with van der Waals surface area (Å²) in [7, 11) is 3.40. The van der Waals surface area contributed by atoms with Crippen LogP contribution < -0.4 is 15.0 Å². The van der Waals surface area contributed by atoms with Gasteiger partial charge in [-0.25, -0.2) is 0 Å². The molecule has 1 N–H and O–H groups in total. The Kier molecular flexibility index (Phi) is 12.5. The van der Waals surface area contributed by atoms with Crippen LogP contribution in [0.1, 0.15) is 42.9 Å². The molecule has 0 radical (unpaired) electrons. The van der Waals surface area contributed by atoms with Crippen molar-refractivity contribution >= 4 is 5.69 Å². The first-order chi connectivity index (χ1) is 20.4. The van der Waals surface area contributed by atoms with Crippen LogP contribution in [-0.2, 0) is 36.9 Å². The van der Waals surface area contributed by atoms with Gasteiger partial charge in [-0.05, 0) is 49.1 Å². The first-order valence-corrected chi connectivity index (χ1v) is 14.9. The fourth-order valence-corrected chi connectivity index (χ4v) is 5.36. The van der Waals surface area contributed by atoms with Gasteiger partial charge >= 0.3 is 0 Å². The molecule has 0 aromatic heterocycles. The number of rotatable bonds is 17. The van der Waals surface area contributed by atoms with Gasteiger partial charge in [0.05, 0.1) is 57.5 Å². The first kappa shape index (κ1) is 32.3. The number of ether oxygens (including phenoxy) is 6. The van der Waals surface area contributed by atoms with Crippen LogP contribution in [0.15, 0.2) is 47.6 Å². The molecule has 2 heterocycles. The van der Waals surface area contributed by atoms with Crippen molar-refractivity contribution in [2.75, 3.05) is 78.3 Å². The summed E-state index contributed by atoms with van der Waals surface area (Å²) in [5, 5.41) is 6.73. The number of nitrogens with zero attached hydrogens (tertiary/aromatic N) is 2. The van der Waals surface area contributed by atoms with E-state index in [1.807, 2.05) is 6.07 Å². The highest BCUT2D eigenvalue weighted by molar-refractivity contribution is 5.61. The summed E-state index contributed by atoms with van der Waals surface area (Å²) in [4.78, 5) is 13.7. The van der Waals surface area contributed by atoms with Gasteiger partial charge in [0.1, 0.15) is 17.9 Å². The quantitative estimate of drug-likeness (QED) is 0.215. The SMILES string of the molecule is COCCCN1CCOc2ccc(CO[C@H]3CNC[C@@H](OCC(C)(C)N=O)[C@@H]3c3ccc(COCCOC)cc3)cc21. The highest BCUT2D eigenvalue weighted by atomic mass is 16.5. The Morgan fingerprint density at radius 3 is 2.43 bits per heavy atom. The summed E-state index contributed by atoms with van der Waals surface area (Å²) in [6, 6.07) is 14.8. The van der Waals surface area contributed by atoms with Crippen LogP contribution in [0.2, 0.25) is 0 Å². The van der Waals surface area contributed by atoms with Crippen molar-refractivity contribution in [3.05, 3.63) is 64.1 Å². The van der Waals surface area contributed by atoms with Gasteiger partial charge in [0.2, 0.25) is 0 Å². The third kappa shape index (κ3) is 9.20. The second-order valence-electron chi connectivity index (χ2n) is 11.6. The smallest absolute Gasteiger partial charge is 0.142 e. The van der Waals surface area contributed by atoms with Gasteiger partial charge in [0, 0.05) is 46.4 Å². The predicted octanol–water partition coefficient (Wildman–Crippen LogP) is 4.29. The number of nitroso groups, excluding NO2 is 1. The maximum absolute atomic E-state index is 11.3. The molecule has 10 heteroatoms. The Labute approximate surface area is 249 Å². The van der Waals surface area contributed by atoms with E-state index in [0.717, 1.165) is 54.2 Å². The van der Waals surface area contributed by atoms with Crippen LogP contribution in [-0.4, -0.2) is 91.2 Å². The van der Waals surface area contributed by atoms with Crippen molar-refractivity contribution in [3.8, 4) is 5.75 Å². The molecule has 0 unspecified atom stereocenters. The molecule has 1 saturated heterocycles. The Morgan fingerprint density at radius 1 is 0.952 bits per heavy atom. The zero-order valence-electron chi connectivity index (χ0n) is 25.5. The van der Waals surface area contributed by atoms with Crippen molar-refractivity contribution in [2.45, 2.75) is 57.1 Å². The third-order valence-corrected chi connectivity index (χ3v) is 7.68. The molecular formula is C32H47N3O7. The first-order valence-electron chi connectivity index (χ1n) is 14.9. The number of hydrogen-bond acceptors (Lipinski definition) is 10. The highest BCUT2D eigenvalue weighted by Gasteiger charge is 2.37. The average molecular weight is 586 g/mol. The number of piperidine rings is 1. The molecule has 10 nitrogen and oxygen atoms in total. The number of benzene rings is 2. The molecule has 0 spiro atoms. The zero-order chi connectivity index (χ0) is 29.8. The van der Waals surface area contributed by atoms with Gasteiger partial charge in [0.15, 0.2) is 0 Å². The molecule has 0 aliphatic carbocycles. The zero-order valence-corrected chi connectivity index (χ0v) is 25.5. The Hall–Kier alpha value is -2.60. The van der Waals surface area contributed by atoms with E-state index in [1.54, 1.807) is 28.1 Å². The number of hydrogen-bond donors (Lipinski definition) is 1. The second kappa shape index (κ2) is 16.3. The van der Waals surface area contributed by atoms with Crippen LogP contribution in [0.25, 0.3) is 0 Å². The number of nitrogens with one attached hydrogen (secondary N) is 1. The lowest BCUT2D eigenvalue weighted by Gasteiger charge is -2.39. The highest BCUT2D eigenvalue weighted by Crippen LogP contribution is 2.35. The predicted molar refractivity (Wildman–Crippen MR) is 162 cm³/mol. The molecule has 2 aromatic rings. The molecule has 2 aliphatic heterocycles. The van der Waals surface area contributed by atoms with E-state index in [0.29, 0.717) is 46.1 Å². The molecule has 232 valence electrons. The van der Waals surface area contributed by atoms with E-state index in [9.17, 15) is 4.91 Å². The van der Waals surface area contributed by atoms with Crippen LogP contribution in [0.3, 0.4) is 0 Å². The van der Waals surface area contributed by atoms with Crippen LogP contribution >= 0.6 is 0 Å². The van der Waals surface area contributed by atoms with E-state index < -0.39 is 5.54 Å². The third-order valence-electron chi connectivity index (χ3n) is 7.68. The second-order valence-corrected chi connectivity index (χ2v) is 11.6. The molecular weight excluding hydrogens is 538 g/mol. The van der Waals surface area contributed by atoms with Crippen LogP contribution in [0.5, 0.6) is 5.75 Å². The number of methoxy groups -OCH3 is 2. The molecule has 42 heavy (non-hydrogen) atoms.